The number of hydrogen-bond donors (Lipinski definition) is 3. The van der Waals surface area contributed by atoms with Gasteiger partial charge in [-0.2, -0.15) is 0 Å². The molecule has 0 aliphatic carbocycles. The lowest BCUT2D eigenvalue weighted by Crippen LogP contribution is -2.36. The van der Waals surface area contributed by atoms with Crippen LogP contribution in [0.2, 0.25) is 10.0 Å². The molecule has 2 aliphatic heterocycles. The second kappa shape index (κ2) is 14.3. The number of pyridine rings is 2. The molecule has 12 heteroatoms. The van der Waals surface area contributed by atoms with E-state index in [1.54, 1.807) is 19.5 Å². The van der Waals surface area contributed by atoms with Gasteiger partial charge in [0.25, 0.3) is 5.56 Å². The molecular formula is C37H36Cl2N6O4. The van der Waals surface area contributed by atoms with E-state index < -0.39 is 0 Å². The topological polar surface area (TPSA) is 121 Å². The zero-order chi connectivity index (χ0) is 34.1. The Morgan fingerprint density at radius 1 is 0.980 bits per heavy atom. The van der Waals surface area contributed by atoms with Crippen LogP contribution in [0.15, 0.2) is 77.9 Å². The summed E-state index contributed by atoms with van der Waals surface area (Å²) in [4.78, 5) is 36.3. The molecule has 2 fully saturated rings. The van der Waals surface area contributed by atoms with Gasteiger partial charge in [-0.3, -0.25) is 18.9 Å². The van der Waals surface area contributed by atoms with Gasteiger partial charge in [-0.15, -0.1) is 0 Å². The average molecular weight is 700 g/mol. The van der Waals surface area contributed by atoms with Gasteiger partial charge in [0.2, 0.25) is 11.8 Å². The predicted octanol–water partition coefficient (Wildman–Crippen LogP) is 5.34. The second-order valence-electron chi connectivity index (χ2n) is 12.5. The molecule has 5 heterocycles. The standard InChI is InChI=1S/C37H36Cl2N6O4/c1-49-36-23(20-44-14-13-26(46)21-44)8-10-31(43-36)30-7-3-6-29(35(30)39)28-5-2-4-27(34(28)38)22-12-15-45-32(16-22)41-18-24(37(45)48)17-40-19-25-9-11-33(47)42-25/h2-8,10,12,15-16,18,25-26,40,46H,9,11,13-14,17,19-21H2,1H3,(H,42,47)/t25-,26-/m1/s1. The molecule has 1 amide bonds. The number of rotatable bonds is 10. The molecule has 252 valence electrons. The fourth-order valence-electron chi connectivity index (χ4n) is 6.63. The number of β-amino-alcohol motifs (C(OH)–C–C–N with tert-alkyl or cyclic N) is 1. The molecule has 2 aromatic carbocycles. The van der Waals surface area contributed by atoms with Crippen LogP contribution in [0.4, 0.5) is 0 Å². The number of ether oxygens (including phenoxy) is 1. The third kappa shape index (κ3) is 6.92. The first-order chi connectivity index (χ1) is 23.8. The maximum Gasteiger partial charge on any atom is 0.262 e. The fourth-order valence-corrected chi connectivity index (χ4v) is 7.29. The summed E-state index contributed by atoms with van der Waals surface area (Å²) in [6.45, 7) is 3.05. The highest BCUT2D eigenvalue weighted by molar-refractivity contribution is 6.39. The monoisotopic (exact) mass is 698 g/mol. The summed E-state index contributed by atoms with van der Waals surface area (Å²) in [6, 6.07) is 19.3. The van der Waals surface area contributed by atoms with E-state index in [9.17, 15) is 14.7 Å². The molecule has 7 rings (SSSR count). The van der Waals surface area contributed by atoms with E-state index in [4.69, 9.17) is 32.9 Å². The number of amides is 1. The number of halogens is 2. The summed E-state index contributed by atoms with van der Waals surface area (Å²) in [7, 11) is 1.60. The van der Waals surface area contributed by atoms with Crippen molar-refractivity contribution in [1.82, 2.24) is 29.9 Å². The van der Waals surface area contributed by atoms with Gasteiger partial charge >= 0.3 is 0 Å². The Morgan fingerprint density at radius 3 is 2.45 bits per heavy atom. The van der Waals surface area contributed by atoms with Gasteiger partial charge < -0.3 is 20.5 Å². The first-order valence-electron chi connectivity index (χ1n) is 16.3. The van der Waals surface area contributed by atoms with Crippen molar-refractivity contribution in [3.63, 3.8) is 0 Å². The van der Waals surface area contributed by atoms with Crippen molar-refractivity contribution in [2.45, 2.75) is 44.5 Å². The highest BCUT2D eigenvalue weighted by Gasteiger charge is 2.23. The molecule has 5 aromatic rings. The van der Waals surface area contributed by atoms with Gasteiger partial charge in [-0.1, -0.05) is 65.7 Å². The van der Waals surface area contributed by atoms with Gasteiger partial charge in [-0.25, -0.2) is 9.97 Å². The minimum Gasteiger partial charge on any atom is -0.481 e. The minimum atomic E-state index is -0.298. The number of nitrogens with zero attached hydrogens (tertiary/aromatic N) is 4. The van der Waals surface area contributed by atoms with Crippen LogP contribution >= 0.6 is 23.2 Å². The molecule has 3 N–H and O–H groups in total. The summed E-state index contributed by atoms with van der Waals surface area (Å²) in [5.41, 5.74) is 6.34. The molecule has 49 heavy (non-hydrogen) atoms. The lowest BCUT2D eigenvalue weighted by atomic mass is 9.97. The maximum atomic E-state index is 13.2. The van der Waals surface area contributed by atoms with Crippen molar-refractivity contribution in [2.24, 2.45) is 0 Å². The molecule has 0 radical (unpaired) electrons. The van der Waals surface area contributed by atoms with E-state index in [1.807, 2.05) is 60.7 Å². The maximum absolute atomic E-state index is 13.2. The number of nitrogens with one attached hydrogen (secondary N) is 2. The van der Waals surface area contributed by atoms with Crippen LogP contribution in [0, 0.1) is 0 Å². The summed E-state index contributed by atoms with van der Waals surface area (Å²) in [5.74, 6) is 0.583. The van der Waals surface area contributed by atoms with Gasteiger partial charge in [-0.05, 0) is 36.6 Å². The number of carbonyl (C=O) groups excluding carboxylic acids is 1. The highest BCUT2D eigenvalue weighted by atomic mass is 35.5. The van der Waals surface area contributed by atoms with Crippen molar-refractivity contribution in [3.05, 3.63) is 105 Å². The number of aliphatic hydroxyl groups excluding tert-OH is 1. The Bertz CT molecular complexity index is 2100. The molecule has 0 unspecified atom stereocenters. The summed E-state index contributed by atoms with van der Waals surface area (Å²) in [6.07, 6.45) is 5.10. The molecule has 0 saturated carbocycles. The molecule has 0 spiro atoms. The molecule has 3 aromatic heterocycles. The first-order valence-corrected chi connectivity index (χ1v) is 17.1. The Balaban J connectivity index is 1.14. The molecule has 2 saturated heterocycles. The molecule has 2 atom stereocenters. The van der Waals surface area contributed by atoms with Crippen molar-refractivity contribution in [1.29, 1.82) is 0 Å². The Kier molecular flexibility index (Phi) is 9.66. The average Bonchev–Trinajstić information content (AvgIpc) is 3.72. The Labute approximate surface area is 293 Å². The summed E-state index contributed by atoms with van der Waals surface area (Å²) < 4.78 is 7.19. The van der Waals surface area contributed by atoms with Crippen molar-refractivity contribution < 1.29 is 14.6 Å². The quantitative estimate of drug-likeness (QED) is 0.179. The number of methoxy groups -OCH3 is 1. The number of hydrogen-bond acceptors (Lipinski definition) is 8. The van der Waals surface area contributed by atoms with Crippen LogP contribution in [0.5, 0.6) is 5.88 Å². The van der Waals surface area contributed by atoms with Crippen LogP contribution in [0.3, 0.4) is 0 Å². The van der Waals surface area contributed by atoms with Crippen LogP contribution in [-0.4, -0.2) is 69.2 Å². The van der Waals surface area contributed by atoms with Crippen LogP contribution < -0.4 is 20.9 Å². The third-order valence-corrected chi connectivity index (χ3v) is 10.0. The molecule has 2 aliphatic rings. The molecule has 10 nitrogen and oxygen atoms in total. The molecular weight excluding hydrogens is 663 g/mol. The van der Waals surface area contributed by atoms with Crippen molar-refractivity contribution >= 4 is 34.8 Å². The first kappa shape index (κ1) is 33.2. The number of likely N-dealkylation sites (tertiary alicyclic amines) is 1. The van der Waals surface area contributed by atoms with Crippen molar-refractivity contribution in [3.8, 4) is 39.4 Å². The van der Waals surface area contributed by atoms with Crippen LogP contribution in [-0.2, 0) is 17.9 Å². The Hall–Kier alpha value is -4.32. The Morgan fingerprint density at radius 2 is 1.73 bits per heavy atom. The number of fused-ring (bicyclic) bond motifs is 1. The van der Waals surface area contributed by atoms with E-state index >= 15 is 0 Å². The van der Waals surface area contributed by atoms with Gasteiger partial charge in [0, 0.05) is 91.0 Å². The van der Waals surface area contributed by atoms with Gasteiger partial charge in [0.05, 0.1) is 29.0 Å². The van der Waals surface area contributed by atoms with Crippen LogP contribution in [0.25, 0.3) is 39.2 Å². The van der Waals surface area contributed by atoms with E-state index in [1.165, 1.54) is 4.40 Å². The van der Waals surface area contributed by atoms with E-state index in [-0.39, 0.29) is 23.6 Å². The normalized spacial score (nSPS) is 17.9. The second-order valence-corrected chi connectivity index (χ2v) is 13.3. The fraction of sp³-hybridized carbons (Fsp3) is 0.297. The van der Waals surface area contributed by atoms with Gasteiger partial charge in [0.15, 0.2) is 0 Å². The van der Waals surface area contributed by atoms with E-state index in [0.29, 0.717) is 65.4 Å². The van der Waals surface area contributed by atoms with Gasteiger partial charge in [0.1, 0.15) is 5.65 Å². The zero-order valence-electron chi connectivity index (χ0n) is 27.0. The number of benzene rings is 2. The lowest BCUT2D eigenvalue weighted by molar-refractivity contribution is -0.119. The number of aliphatic hydroxyl groups is 1. The smallest absolute Gasteiger partial charge is 0.262 e. The zero-order valence-corrected chi connectivity index (χ0v) is 28.5. The number of carbonyl (C=O) groups is 1. The largest absolute Gasteiger partial charge is 0.481 e. The van der Waals surface area contributed by atoms with E-state index in [2.05, 4.69) is 20.5 Å². The summed E-state index contributed by atoms with van der Waals surface area (Å²) >= 11 is 14.2. The van der Waals surface area contributed by atoms with E-state index in [0.717, 1.165) is 52.8 Å². The van der Waals surface area contributed by atoms with Crippen LogP contribution in [0.1, 0.15) is 30.4 Å². The number of aromatic nitrogens is 3. The van der Waals surface area contributed by atoms with Crippen molar-refractivity contribution in [2.75, 3.05) is 26.7 Å². The highest BCUT2D eigenvalue weighted by Crippen LogP contribution is 2.42. The molecule has 0 bridgehead atoms. The lowest BCUT2D eigenvalue weighted by Gasteiger charge is -2.18. The third-order valence-electron chi connectivity index (χ3n) is 9.22. The SMILES string of the molecule is COc1nc(-c2cccc(-c3cccc(-c4ccn5c(=O)c(CNC[C@H]6CCC(=O)N6)cnc5c4)c3Cl)c2Cl)ccc1CN1CC[C@@H](O)C1. The predicted molar refractivity (Wildman–Crippen MR) is 191 cm³/mol. The summed E-state index contributed by atoms with van der Waals surface area (Å²) in [5, 5.41) is 17.1. The minimum absolute atomic E-state index is 0.0632.